The van der Waals surface area contributed by atoms with E-state index in [0.29, 0.717) is 29.4 Å². The third-order valence-corrected chi connectivity index (χ3v) is 4.03. The molecule has 0 amide bonds. The molecule has 6 nitrogen and oxygen atoms in total. The monoisotopic (exact) mass is 359 g/mol. The quantitative estimate of drug-likeness (QED) is 0.635. The van der Waals surface area contributed by atoms with Crippen molar-refractivity contribution in [2.45, 2.75) is 19.1 Å². The Morgan fingerprint density at radius 1 is 1.08 bits per heavy atom. The second-order valence-corrected chi connectivity index (χ2v) is 5.90. The normalized spacial score (nSPS) is 12.9. The highest BCUT2D eigenvalue weighted by molar-refractivity contribution is 5.74. The Morgan fingerprint density at radius 2 is 1.77 bits per heavy atom. The maximum absolute atomic E-state index is 10.6. The molecule has 0 saturated heterocycles. The first kappa shape index (κ1) is 19.8. The van der Waals surface area contributed by atoms with Crippen LogP contribution in [0.15, 0.2) is 42.5 Å². The van der Waals surface area contributed by atoms with Crippen molar-refractivity contribution >= 4 is 6.29 Å². The van der Waals surface area contributed by atoms with Crippen LogP contribution < -0.4 is 19.5 Å². The summed E-state index contributed by atoms with van der Waals surface area (Å²) in [7, 11) is 3.20. The van der Waals surface area contributed by atoms with E-state index in [1.165, 1.54) is 0 Å². The summed E-state index contributed by atoms with van der Waals surface area (Å²) in [6.45, 7) is 2.54. The summed E-state index contributed by atoms with van der Waals surface area (Å²) in [6.07, 6.45) is 0.112. The van der Waals surface area contributed by atoms with E-state index in [9.17, 15) is 9.90 Å². The molecule has 0 saturated carbocycles. The average molecular weight is 359 g/mol. The highest BCUT2D eigenvalue weighted by Gasteiger charge is 2.12. The van der Waals surface area contributed by atoms with E-state index in [1.54, 1.807) is 38.5 Å². The van der Waals surface area contributed by atoms with Crippen molar-refractivity contribution in [1.82, 2.24) is 5.32 Å². The summed E-state index contributed by atoms with van der Waals surface area (Å²) in [5.41, 5.74) is 1.61. The first-order valence-electron chi connectivity index (χ1n) is 8.38. The van der Waals surface area contributed by atoms with Gasteiger partial charge in [-0.2, -0.15) is 0 Å². The van der Waals surface area contributed by atoms with Crippen LogP contribution in [0, 0.1) is 0 Å². The van der Waals surface area contributed by atoms with Crippen LogP contribution in [-0.2, 0) is 0 Å². The third-order valence-electron chi connectivity index (χ3n) is 4.03. The summed E-state index contributed by atoms with van der Waals surface area (Å²) >= 11 is 0. The Hall–Kier alpha value is -2.57. The number of rotatable bonds is 10. The summed E-state index contributed by atoms with van der Waals surface area (Å²) in [4.78, 5) is 10.6. The molecule has 0 spiro atoms. The number of hydrogen-bond donors (Lipinski definition) is 2. The highest BCUT2D eigenvalue weighted by atomic mass is 16.5. The number of benzene rings is 2. The first-order chi connectivity index (χ1) is 12.6. The van der Waals surface area contributed by atoms with Gasteiger partial charge in [-0.15, -0.1) is 0 Å². The maximum Gasteiger partial charge on any atom is 0.161 e. The lowest BCUT2D eigenvalue weighted by Gasteiger charge is -2.19. The number of aldehydes is 1. The van der Waals surface area contributed by atoms with Gasteiger partial charge in [0.05, 0.1) is 14.2 Å². The second-order valence-electron chi connectivity index (χ2n) is 5.90. The molecule has 2 unspecified atom stereocenters. The fourth-order valence-corrected chi connectivity index (χ4v) is 2.45. The SMILES string of the molecule is COc1ccc(C(C)NCC(O)COc2ccc(C=O)cc2)cc1OC. The minimum absolute atomic E-state index is 0.0244. The van der Waals surface area contributed by atoms with Crippen LogP contribution in [0.1, 0.15) is 28.9 Å². The Bertz CT molecular complexity index is 702. The van der Waals surface area contributed by atoms with E-state index in [0.717, 1.165) is 11.8 Å². The van der Waals surface area contributed by atoms with Gasteiger partial charge in [-0.3, -0.25) is 4.79 Å². The predicted molar refractivity (Wildman–Crippen MR) is 99.3 cm³/mol. The molecule has 140 valence electrons. The molecule has 2 atom stereocenters. The van der Waals surface area contributed by atoms with Gasteiger partial charge < -0.3 is 24.6 Å². The second kappa shape index (κ2) is 9.79. The van der Waals surface area contributed by atoms with Gasteiger partial charge in [-0.1, -0.05) is 6.07 Å². The molecule has 0 bridgehead atoms. The largest absolute Gasteiger partial charge is 0.493 e. The van der Waals surface area contributed by atoms with Crippen LogP contribution in [0.5, 0.6) is 17.2 Å². The Kier molecular flexibility index (Phi) is 7.44. The van der Waals surface area contributed by atoms with E-state index in [-0.39, 0.29) is 12.6 Å². The zero-order chi connectivity index (χ0) is 18.9. The molecule has 0 fully saturated rings. The standard InChI is InChI=1S/C20H25NO5/c1-14(16-6-9-19(24-2)20(10-16)25-3)21-11-17(23)13-26-18-7-4-15(12-22)5-8-18/h4-10,12,14,17,21,23H,11,13H2,1-3H3. The number of methoxy groups -OCH3 is 2. The Morgan fingerprint density at radius 3 is 2.38 bits per heavy atom. The fraction of sp³-hybridized carbons (Fsp3) is 0.350. The molecule has 2 N–H and O–H groups in total. The molecule has 0 radical (unpaired) electrons. The number of nitrogens with one attached hydrogen (secondary N) is 1. The van der Waals surface area contributed by atoms with Crippen LogP contribution >= 0.6 is 0 Å². The molecule has 2 aromatic carbocycles. The Labute approximate surface area is 153 Å². The molecule has 0 aliphatic heterocycles. The van der Waals surface area contributed by atoms with Gasteiger partial charge in [0, 0.05) is 18.2 Å². The van der Waals surface area contributed by atoms with Crippen molar-refractivity contribution in [3.63, 3.8) is 0 Å². The van der Waals surface area contributed by atoms with Gasteiger partial charge in [0.2, 0.25) is 0 Å². The van der Waals surface area contributed by atoms with Gasteiger partial charge >= 0.3 is 0 Å². The van der Waals surface area contributed by atoms with E-state index in [1.807, 2.05) is 25.1 Å². The fourth-order valence-electron chi connectivity index (χ4n) is 2.45. The van der Waals surface area contributed by atoms with Crippen molar-refractivity contribution in [3.05, 3.63) is 53.6 Å². The van der Waals surface area contributed by atoms with Crippen molar-refractivity contribution in [2.75, 3.05) is 27.4 Å². The molecule has 26 heavy (non-hydrogen) atoms. The number of carbonyl (C=O) groups excluding carboxylic acids is 1. The third kappa shape index (κ3) is 5.47. The lowest BCUT2D eigenvalue weighted by atomic mass is 10.1. The molecular formula is C20H25NO5. The van der Waals surface area contributed by atoms with Crippen LogP contribution in [-0.4, -0.2) is 44.9 Å². The van der Waals surface area contributed by atoms with Gasteiger partial charge in [0.25, 0.3) is 0 Å². The Balaban J connectivity index is 1.82. The summed E-state index contributed by atoms with van der Waals surface area (Å²) < 4.78 is 16.1. The maximum atomic E-state index is 10.6. The smallest absolute Gasteiger partial charge is 0.161 e. The summed E-state index contributed by atoms with van der Waals surface area (Å²) in [6, 6.07) is 12.5. The number of ether oxygens (including phenoxy) is 3. The molecule has 2 rings (SSSR count). The van der Waals surface area contributed by atoms with E-state index >= 15 is 0 Å². The minimum atomic E-state index is -0.664. The van der Waals surface area contributed by atoms with Crippen molar-refractivity contribution < 1.29 is 24.1 Å². The molecule has 0 aromatic heterocycles. The van der Waals surface area contributed by atoms with Crippen molar-refractivity contribution in [3.8, 4) is 17.2 Å². The first-order valence-corrected chi connectivity index (χ1v) is 8.38. The number of aliphatic hydroxyl groups is 1. The predicted octanol–water partition coefficient (Wildman–Crippen LogP) is 2.61. The number of hydrogen-bond acceptors (Lipinski definition) is 6. The van der Waals surface area contributed by atoms with E-state index in [4.69, 9.17) is 14.2 Å². The average Bonchev–Trinajstić information content (AvgIpc) is 2.70. The molecule has 0 heterocycles. The van der Waals surface area contributed by atoms with E-state index in [2.05, 4.69) is 5.32 Å². The van der Waals surface area contributed by atoms with Crippen LogP contribution in [0.3, 0.4) is 0 Å². The van der Waals surface area contributed by atoms with E-state index < -0.39 is 6.10 Å². The molecule has 6 heteroatoms. The summed E-state index contributed by atoms with van der Waals surface area (Å²) in [5, 5.41) is 13.4. The molecule has 0 aliphatic carbocycles. The molecular weight excluding hydrogens is 334 g/mol. The van der Waals surface area contributed by atoms with Crippen molar-refractivity contribution in [1.29, 1.82) is 0 Å². The van der Waals surface area contributed by atoms with Gasteiger partial charge in [-0.25, -0.2) is 0 Å². The van der Waals surface area contributed by atoms with Crippen LogP contribution in [0.4, 0.5) is 0 Å². The zero-order valence-electron chi connectivity index (χ0n) is 15.3. The van der Waals surface area contributed by atoms with Crippen LogP contribution in [0.25, 0.3) is 0 Å². The minimum Gasteiger partial charge on any atom is -0.493 e. The van der Waals surface area contributed by atoms with Crippen molar-refractivity contribution in [2.24, 2.45) is 0 Å². The summed E-state index contributed by atoms with van der Waals surface area (Å²) in [5.74, 6) is 1.96. The topological polar surface area (TPSA) is 77.0 Å². The number of aliphatic hydroxyl groups excluding tert-OH is 1. The van der Waals surface area contributed by atoms with Crippen LogP contribution in [0.2, 0.25) is 0 Å². The zero-order valence-corrected chi connectivity index (χ0v) is 15.3. The lowest BCUT2D eigenvalue weighted by Crippen LogP contribution is -2.33. The lowest BCUT2D eigenvalue weighted by molar-refractivity contribution is 0.104. The van der Waals surface area contributed by atoms with Gasteiger partial charge in [0.15, 0.2) is 11.5 Å². The number of carbonyl (C=O) groups is 1. The van der Waals surface area contributed by atoms with Gasteiger partial charge in [0.1, 0.15) is 24.7 Å². The highest BCUT2D eigenvalue weighted by Crippen LogP contribution is 2.29. The molecule has 0 aliphatic rings. The van der Waals surface area contributed by atoms with Gasteiger partial charge in [-0.05, 0) is 48.9 Å². The molecule has 2 aromatic rings.